The van der Waals surface area contributed by atoms with Gasteiger partial charge in [0.25, 0.3) is 5.91 Å². The Morgan fingerprint density at radius 1 is 1.18 bits per heavy atom. The van der Waals surface area contributed by atoms with Gasteiger partial charge in [-0.2, -0.15) is 5.26 Å². The van der Waals surface area contributed by atoms with Gasteiger partial charge in [0.15, 0.2) is 11.5 Å². The van der Waals surface area contributed by atoms with Crippen molar-refractivity contribution in [1.82, 2.24) is 10.2 Å². The van der Waals surface area contributed by atoms with Crippen LogP contribution in [-0.4, -0.2) is 36.4 Å². The molecule has 8 nitrogen and oxygen atoms in total. The summed E-state index contributed by atoms with van der Waals surface area (Å²) in [5.74, 6) is 1.22. The number of para-hydroxylation sites is 1. The first-order valence-corrected chi connectivity index (χ1v) is 10.8. The first kappa shape index (κ1) is 23.5. The molecule has 168 valence electrons. The van der Waals surface area contributed by atoms with E-state index >= 15 is 0 Å². The van der Waals surface area contributed by atoms with Crippen LogP contribution in [0.1, 0.15) is 11.1 Å². The fourth-order valence-corrected chi connectivity index (χ4v) is 3.31. The van der Waals surface area contributed by atoms with E-state index in [1.807, 2.05) is 36.4 Å². The predicted octanol–water partition coefficient (Wildman–Crippen LogP) is 4.28. The average Bonchev–Trinajstić information content (AvgIpc) is 3.34. The van der Waals surface area contributed by atoms with E-state index in [0.29, 0.717) is 35.4 Å². The summed E-state index contributed by atoms with van der Waals surface area (Å²) < 4.78 is 17.0. The number of nitrogens with one attached hydrogen (secondary N) is 1. The fraction of sp³-hybridized carbons (Fsp3) is 0.167. The molecule has 0 radical (unpaired) electrons. The van der Waals surface area contributed by atoms with E-state index in [1.54, 1.807) is 18.2 Å². The lowest BCUT2D eigenvalue weighted by molar-refractivity contribution is -0.112. The SMILES string of the molecule is C=CCc1ccccc1OCCOc1ccc(C=C(C#N)C(=O)Nc2nncs2)cc1OC. The molecule has 0 aliphatic heterocycles. The highest BCUT2D eigenvalue weighted by molar-refractivity contribution is 7.13. The van der Waals surface area contributed by atoms with Gasteiger partial charge in [-0.15, -0.1) is 16.8 Å². The molecule has 2 aromatic carbocycles. The molecule has 3 aromatic rings. The van der Waals surface area contributed by atoms with Crippen molar-refractivity contribution in [1.29, 1.82) is 5.26 Å². The number of aromatic nitrogens is 2. The second-order valence-corrected chi connectivity index (χ2v) is 7.41. The van der Waals surface area contributed by atoms with Crippen LogP contribution >= 0.6 is 11.3 Å². The van der Waals surface area contributed by atoms with Crippen LogP contribution in [0.5, 0.6) is 17.2 Å². The quantitative estimate of drug-likeness (QED) is 0.196. The van der Waals surface area contributed by atoms with Crippen molar-refractivity contribution in [2.75, 3.05) is 25.6 Å². The van der Waals surface area contributed by atoms with E-state index in [9.17, 15) is 10.1 Å². The van der Waals surface area contributed by atoms with Gasteiger partial charge in [-0.05, 0) is 41.8 Å². The lowest BCUT2D eigenvalue weighted by Crippen LogP contribution is -2.13. The molecule has 0 aliphatic rings. The molecule has 1 N–H and O–H groups in total. The first-order valence-electron chi connectivity index (χ1n) is 9.96. The maximum atomic E-state index is 12.3. The van der Waals surface area contributed by atoms with Crippen LogP contribution in [0.15, 0.2) is 66.2 Å². The molecule has 0 atom stereocenters. The number of amides is 1. The number of methoxy groups -OCH3 is 1. The Hall–Kier alpha value is -4.16. The van der Waals surface area contributed by atoms with Crippen LogP contribution in [0, 0.1) is 11.3 Å². The van der Waals surface area contributed by atoms with Gasteiger partial charge in [0.1, 0.15) is 36.1 Å². The van der Waals surface area contributed by atoms with Gasteiger partial charge < -0.3 is 14.2 Å². The standard InChI is InChI=1S/C24H22N4O4S/c1-3-6-18-7-4-5-8-20(18)31-11-12-32-21-10-9-17(14-22(21)30-2)13-19(15-25)23(29)27-24-28-26-16-33-24/h3-5,7-10,13-14,16H,1,6,11-12H2,2H3,(H,27,28,29). The summed E-state index contributed by atoms with van der Waals surface area (Å²) in [7, 11) is 1.52. The van der Waals surface area contributed by atoms with Crippen molar-refractivity contribution in [2.45, 2.75) is 6.42 Å². The number of rotatable bonds is 11. The molecule has 0 unspecified atom stereocenters. The van der Waals surface area contributed by atoms with Crippen molar-refractivity contribution < 1.29 is 19.0 Å². The van der Waals surface area contributed by atoms with Gasteiger partial charge in [-0.3, -0.25) is 10.1 Å². The Morgan fingerprint density at radius 2 is 1.97 bits per heavy atom. The third-order valence-corrected chi connectivity index (χ3v) is 4.99. The van der Waals surface area contributed by atoms with Crippen LogP contribution in [0.4, 0.5) is 5.13 Å². The van der Waals surface area contributed by atoms with Gasteiger partial charge in [-0.1, -0.05) is 41.7 Å². The summed E-state index contributed by atoms with van der Waals surface area (Å²) in [5.41, 5.74) is 3.08. The second kappa shape index (κ2) is 12.0. The van der Waals surface area contributed by atoms with Crippen LogP contribution in [0.3, 0.4) is 0 Å². The maximum absolute atomic E-state index is 12.3. The normalized spacial score (nSPS) is 10.7. The number of ether oxygens (including phenoxy) is 3. The minimum Gasteiger partial charge on any atom is -0.493 e. The van der Waals surface area contributed by atoms with Crippen LogP contribution in [-0.2, 0) is 11.2 Å². The molecule has 1 heterocycles. The molecular weight excluding hydrogens is 440 g/mol. The Kier molecular flexibility index (Phi) is 8.56. The minimum absolute atomic E-state index is 0.0764. The van der Waals surface area contributed by atoms with Crippen molar-refractivity contribution in [3.63, 3.8) is 0 Å². The Bertz CT molecular complexity index is 1170. The molecule has 33 heavy (non-hydrogen) atoms. The van der Waals surface area contributed by atoms with Crippen LogP contribution in [0.25, 0.3) is 6.08 Å². The Morgan fingerprint density at radius 3 is 2.67 bits per heavy atom. The third-order valence-electron chi connectivity index (χ3n) is 4.38. The van der Waals surface area contributed by atoms with Gasteiger partial charge >= 0.3 is 0 Å². The number of anilines is 1. The maximum Gasteiger partial charge on any atom is 0.268 e. The molecule has 0 aliphatic carbocycles. The summed E-state index contributed by atoms with van der Waals surface area (Å²) in [6.45, 7) is 4.42. The van der Waals surface area contributed by atoms with Gasteiger partial charge in [-0.25, -0.2) is 0 Å². The summed E-state index contributed by atoms with van der Waals surface area (Å²) >= 11 is 1.16. The van der Waals surface area contributed by atoms with E-state index in [0.717, 1.165) is 29.1 Å². The van der Waals surface area contributed by atoms with Crippen LogP contribution < -0.4 is 19.5 Å². The molecular formula is C24H22N4O4S. The number of hydrogen-bond donors (Lipinski definition) is 1. The zero-order valence-corrected chi connectivity index (χ0v) is 18.8. The lowest BCUT2D eigenvalue weighted by atomic mass is 10.1. The molecule has 1 aromatic heterocycles. The number of benzene rings is 2. The fourth-order valence-electron chi connectivity index (χ4n) is 2.87. The Balaban J connectivity index is 1.62. The molecule has 9 heteroatoms. The highest BCUT2D eigenvalue weighted by Gasteiger charge is 2.12. The number of carbonyl (C=O) groups excluding carboxylic acids is 1. The van der Waals surface area contributed by atoms with E-state index in [2.05, 4.69) is 22.1 Å². The highest BCUT2D eigenvalue weighted by Crippen LogP contribution is 2.29. The zero-order valence-electron chi connectivity index (χ0n) is 18.0. The summed E-state index contributed by atoms with van der Waals surface area (Å²) in [5, 5.41) is 19.6. The van der Waals surface area contributed by atoms with E-state index in [4.69, 9.17) is 14.2 Å². The largest absolute Gasteiger partial charge is 0.493 e. The lowest BCUT2D eigenvalue weighted by Gasteiger charge is -2.13. The smallest absolute Gasteiger partial charge is 0.268 e. The van der Waals surface area contributed by atoms with E-state index < -0.39 is 5.91 Å². The monoisotopic (exact) mass is 462 g/mol. The number of allylic oxidation sites excluding steroid dienone is 1. The molecule has 1 amide bonds. The molecule has 0 spiro atoms. The van der Waals surface area contributed by atoms with Crippen molar-refractivity contribution in [3.05, 3.63) is 77.3 Å². The number of hydrogen-bond acceptors (Lipinski definition) is 8. The molecule has 0 fully saturated rings. The summed E-state index contributed by atoms with van der Waals surface area (Å²) in [6, 6.07) is 14.8. The first-order chi connectivity index (χ1) is 16.1. The number of nitriles is 1. The zero-order chi connectivity index (χ0) is 23.5. The van der Waals surface area contributed by atoms with E-state index in [1.165, 1.54) is 18.7 Å². The van der Waals surface area contributed by atoms with E-state index in [-0.39, 0.29) is 5.57 Å². The molecule has 0 saturated heterocycles. The average molecular weight is 463 g/mol. The Labute approximate surface area is 195 Å². The number of nitrogens with zero attached hydrogens (tertiary/aromatic N) is 3. The molecule has 0 saturated carbocycles. The van der Waals surface area contributed by atoms with Crippen molar-refractivity contribution >= 4 is 28.5 Å². The summed E-state index contributed by atoms with van der Waals surface area (Å²) in [6.07, 6.45) is 4.02. The predicted molar refractivity (Wildman–Crippen MR) is 126 cm³/mol. The van der Waals surface area contributed by atoms with Crippen molar-refractivity contribution in [2.24, 2.45) is 0 Å². The van der Waals surface area contributed by atoms with Gasteiger partial charge in [0, 0.05) is 0 Å². The highest BCUT2D eigenvalue weighted by atomic mass is 32.1. The minimum atomic E-state index is -0.567. The van der Waals surface area contributed by atoms with Crippen molar-refractivity contribution in [3.8, 4) is 23.3 Å². The molecule has 3 rings (SSSR count). The summed E-state index contributed by atoms with van der Waals surface area (Å²) in [4.78, 5) is 12.3. The van der Waals surface area contributed by atoms with Gasteiger partial charge in [0.05, 0.1) is 7.11 Å². The third kappa shape index (κ3) is 6.66. The second-order valence-electron chi connectivity index (χ2n) is 6.58. The van der Waals surface area contributed by atoms with Crippen LogP contribution in [0.2, 0.25) is 0 Å². The van der Waals surface area contributed by atoms with Gasteiger partial charge in [0.2, 0.25) is 5.13 Å². The molecule has 0 bridgehead atoms. The number of carbonyl (C=O) groups is 1. The topological polar surface area (TPSA) is 106 Å².